The van der Waals surface area contributed by atoms with Gasteiger partial charge in [-0.05, 0) is 44.7 Å². The number of benzene rings is 1. The molecule has 134 valence electrons. The Balaban J connectivity index is 1.72. The van der Waals surface area contributed by atoms with Crippen LogP contribution in [-0.2, 0) is 9.59 Å². The number of carbonyl (C=O) groups is 3. The molecule has 4 amide bonds. The van der Waals surface area contributed by atoms with Crippen LogP contribution in [0.15, 0.2) is 18.2 Å². The molecule has 0 aliphatic carbocycles. The Morgan fingerprint density at radius 2 is 1.84 bits per heavy atom. The van der Waals surface area contributed by atoms with Crippen LogP contribution in [0.25, 0.3) is 0 Å². The molecule has 0 aromatic heterocycles. The topological polar surface area (TPSA) is 73.0 Å². The average molecular weight is 344 g/mol. The van der Waals surface area contributed by atoms with Crippen molar-refractivity contribution < 1.29 is 14.4 Å². The number of piperazine rings is 1. The quantitative estimate of drug-likeness (QED) is 0.831. The molecule has 0 bridgehead atoms. The summed E-state index contributed by atoms with van der Waals surface area (Å²) in [5.41, 5.74) is 2.04. The van der Waals surface area contributed by atoms with E-state index in [0.717, 1.165) is 18.7 Å². The molecule has 1 atom stereocenters. The van der Waals surface area contributed by atoms with Gasteiger partial charge in [0.25, 0.3) is 0 Å². The van der Waals surface area contributed by atoms with Crippen molar-refractivity contribution in [2.75, 3.05) is 36.9 Å². The van der Waals surface area contributed by atoms with Crippen molar-refractivity contribution in [2.45, 2.75) is 32.7 Å². The predicted molar refractivity (Wildman–Crippen MR) is 95.6 cm³/mol. The number of anilines is 2. The number of urea groups is 1. The van der Waals surface area contributed by atoms with Gasteiger partial charge in [0, 0.05) is 44.2 Å². The van der Waals surface area contributed by atoms with E-state index < -0.39 is 0 Å². The van der Waals surface area contributed by atoms with E-state index in [2.05, 4.69) is 17.3 Å². The maximum Gasteiger partial charge on any atom is 0.322 e. The highest BCUT2D eigenvalue weighted by molar-refractivity contribution is 6.20. The zero-order valence-corrected chi connectivity index (χ0v) is 14.9. The number of likely N-dealkylation sites (N-methyl/N-ethyl adjacent to an activating group) is 1. The first kappa shape index (κ1) is 17.4. The second-order valence-corrected chi connectivity index (χ2v) is 6.86. The van der Waals surface area contributed by atoms with E-state index in [1.165, 1.54) is 4.90 Å². The van der Waals surface area contributed by atoms with Crippen LogP contribution in [0.2, 0.25) is 0 Å². The Hall–Kier alpha value is -2.41. The van der Waals surface area contributed by atoms with Crippen molar-refractivity contribution in [3.8, 4) is 0 Å². The second kappa shape index (κ2) is 6.84. The fourth-order valence-corrected chi connectivity index (χ4v) is 3.47. The van der Waals surface area contributed by atoms with Crippen LogP contribution in [-0.4, -0.2) is 60.4 Å². The Labute approximate surface area is 147 Å². The van der Waals surface area contributed by atoms with Crippen LogP contribution in [0.3, 0.4) is 0 Å². The van der Waals surface area contributed by atoms with E-state index in [9.17, 15) is 14.4 Å². The molecule has 2 heterocycles. The number of imide groups is 1. The Morgan fingerprint density at radius 3 is 2.44 bits per heavy atom. The van der Waals surface area contributed by atoms with E-state index in [-0.39, 0.29) is 36.7 Å². The minimum atomic E-state index is -0.170. The highest BCUT2D eigenvalue weighted by atomic mass is 16.2. The molecule has 1 aromatic rings. The molecule has 0 radical (unpaired) electrons. The van der Waals surface area contributed by atoms with Gasteiger partial charge in [0.05, 0.1) is 5.69 Å². The van der Waals surface area contributed by atoms with Crippen LogP contribution in [0.5, 0.6) is 0 Å². The molecule has 2 saturated heterocycles. The number of hydrogen-bond donors (Lipinski definition) is 1. The Morgan fingerprint density at radius 1 is 1.16 bits per heavy atom. The largest absolute Gasteiger partial charge is 0.322 e. The van der Waals surface area contributed by atoms with Gasteiger partial charge in [-0.3, -0.25) is 14.5 Å². The molecule has 0 saturated carbocycles. The molecular formula is C18H24N4O3. The van der Waals surface area contributed by atoms with E-state index in [0.29, 0.717) is 17.9 Å². The highest BCUT2D eigenvalue weighted by Gasteiger charge is 2.31. The molecule has 3 rings (SSSR count). The molecule has 0 unspecified atom stereocenters. The normalized spacial score (nSPS) is 21.8. The Bertz CT molecular complexity index is 702. The molecule has 0 spiro atoms. The molecule has 2 aliphatic heterocycles. The van der Waals surface area contributed by atoms with Crippen molar-refractivity contribution in [1.82, 2.24) is 9.80 Å². The van der Waals surface area contributed by atoms with Gasteiger partial charge in [-0.2, -0.15) is 0 Å². The summed E-state index contributed by atoms with van der Waals surface area (Å²) >= 11 is 0. The molecule has 2 fully saturated rings. The first-order valence-corrected chi connectivity index (χ1v) is 8.59. The monoisotopic (exact) mass is 344 g/mol. The molecular weight excluding hydrogens is 320 g/mol. The van der Waals surface area contributed by atoms with Crippen molar-refractivity contribution in [3.63, 3.8) is 0 Å². The number of aryl methyl sites for hydroxylation is 1. The summed E-state index contributed by atoms with van der Waals surface area (Å²) in [5, 5.41) is 2.92. The van der Waals surface area contributed by atoms with Gasteiger partial charge < -0.3 is 15.1 Å². The summed E-state index contributed by atoms with van der Waals surface area (Å²) in [5.74, 6) is -0.340. The lowest BCUT2D eigenvalue weighted by Crippen LogP contribution is -2.53. The van der Waals surface area contributed by atoms with Crippen molar-refractivity contribution in [3.05, 3.63) is 23.8 Å². The Kier molecular flexibility index (Phi) is 4.76. The summed E-state index contributed by atoms with van der Waals surface area (Å²) in [6, 6.07) is 5.28. The van der Waals surface area contributed by atoms with Gasteiger partial charge in [0.15, 0.2) is 0 Å². The lowest BCUT2D eigenvalue weighted by atomic mass is 10.1. The minimum absolute atomic E-state index is 0.124. The van der Waals surface area contributed by atoms with Crippen molar-refractivity contribution >= 4 is 29.2 Å². The maximum atomic E-state index is 12.5. The first-order chi connectivity index (χ1) is 11.9. The van der Waals surface area contributed by atoms with Gasteiger partial charge in [-0.15, -0.1) is 0 Å². The third-order valence-electron chi connectivity index (χ3n) is 4.83. The zero-order chi connectivity index (χ0) is 18.1. The predicted octanol–water partition coefficient (Wildman–Crippen LogP) is 1.82. The second-order valence-electron chi connectivity index (χ2n) is 6.86. The van der Waals surface area contributed by atoms with Crippen LogP contribution in [0.4, 0.5) is 16.2 Å². The average Bonchev–Trinajstić information content (AvgIpc) is 2.86. The summed E-state index contributed by atoms with van der Waals surface area (Å²) in [4.78, 5) is 41.6. The van der Waals surface area contributed by atoms with Crippen LogP contribution >= 0.6 is 0 Å². The van der Waals surface area contributed by atoms with Gasteiger partial charge in [0.2, 0.25) is 11.8 Å². The first-order valence-electron chi connectivity index (χ1n) is 8.59. The molecule has 2 aliphatic rings. The summed E-state index contributed by atoms with van der Waals surface area (Å²) in [7, 11) is 2.05. The van der Waals surface area contributed by atoms with Crippen molar-refractivity contribution in [1.29, 1.82) is 0 Å². The number of amides is 4. The number of nitrogens with one attached hydrogen (secondary N) is 1. The molecule has 7 nitrogen and oxygen atoms in total. The van der Waals surface area contributed by atoms with Gasteiger partial charge >= 0.3 is 6.03 Å². The van der Waals surface area contributed by atoms with Crippen LogP contribution in [0, 0.1) is 6.92 Å². The van der Waals surface area contributed by atoms with E-state index >= 15 is 0 Å². The van der Waals surface area contributed by atoms with Crippen LogP contribution < -0.4 is 10.2 Å². The molecule has 25 heavy (non-hydrogen) atoms. The number of rotatable bonds is 2. The third-order valence-corrected chi connectivity index (χ3v) is 4.83. The highest BCUT2D eigenvalue weighted by Crippen LogP contribution is 2.28. The van der Waals surface area contributed by atoms with Gasteiger partial charge in [0.1, 0.15) is 0 Å². The smallest absolute Gasteiger partial charge is 0.319 e. The lowest BCUT2D eigenvalue weighted by Gasteiger charge is -2.38. The van der Waals surface area contributed by atoms with Crippen molar-refractivity contribution in [2.24, 2.45) is 0 Å². The van der Waals surface area contributed by atoms with E-state index in [1.807, 2.05) is 18.7 Å². The number of nitrogens with zero attached hydrogens (tertiary/aromatic N) is 3. The summed E-state index contributed by atoms with van der Waals surface area (Å²) in [6.07, 6.45) is 0.524. The fourth-order valence-electron chi connectivity index (χ4n) is 3.47. The van der Waals surface area contributed by atoms with Gasteiger partial charge in [-0.25, -0.2) is 4.79 Å². The standard InChI is InChI=1S/C18H24N4O3/c1-12-10-14(4-5-15(12)22-16(23)6-7-17(22)24)19-18(25)21-9-8-20(3)11-13(21)2/h4-5,10,13H,6-9,11H2,1-3H3,(H,19,25)/t13-/m0/s1. The summed E-state index contributed by atoms with van der Waals surface area (Å²) in [6.45, 7) is 6.27. The number of hydrogen-bond acceptors (Lipinski definition) is 4. The molecule has 7 heteroatoms. The summed E-state index contributed by atoms with van der Waals surface area (Å²) < 4.78 is 0. The fraction of sp³-hybridized carbons (Fsp3) is 0.500. The molecule has 1 N–H and O–H groups in total. The van der Waals surface area contributed by atoms with Crippen LogP contribution in [0.1, 0.15) is 25.3 Å². The number of carbonyl (C=O) groups excluding carboxylic acids is 3. The maximum absolute atomic E-state index is 12.5. The zero-order valence-electron chi connectivity index (χ0n) is 14.9. The molecule has 1 aromatic carbocycles. The minimum Gasteiger partial charge on any atom is -0.319 e. The van der Waals surface area contributed by atoms with E-state index in [1.54, 1.807) is 18.2 Å². The SMILES string of the molecule is Cc1cc(NC(=O)N2CCN(C)C[C@@H]2C)ccc1N1C(=O)CCC1=O. The third kappa shape index (κ3) is 3.51. The lowest BCUT2D eigenvalue weighted by molar-refractivity contribution is -0.121. The van der Waals surface area contributed by atoms with E-state index in [4.69, 9.17) is 0 Å². The van der Waals surface area contributed by atoms with Gasteiger partial charge in [-0.1, -0.05) is 0 Å².